The number of nitrogens with one attached hydrogen (secondary N) is 2. The minimum absolute atomic E-state index is 0.109. The Balaban J connectivity index is 1.25. The molecule has 0 aliphatic carbocycles. The summed E-state index contributed by atoms with van der Waals surface area (Å²) < 4.78 is 13.5. The Labute approximate surface area is 333 Å². The van der Waals surface area contributed by atoms with E-state index in [1.165, 1.54) is 21.9 Å². The number of hydrogen-bond donors (Lipinski definition) is 2. The van der Waals surface area contributed by atoms with Crippen LogP contribution in [-0.2, 0) is 21.5 Å². The van der Waals surface area contributed by atoms with Crippen molar-refractivity contribution in [1.82, 2.24) is 44.8 Å². The van der Waals surface area contributed by atoms with E-state index in [9.17, 15) is 19.2 Å². The van der Waals surface area contributed by atoms with E-state index < -0.39 is 11.7 Å². The summed E-state index contributed by atoms with van der Waals surface area (Å²) in [4.78, 5) is 65.9. The number of pyridine rings is 1. The zero-order chi connectivity index (χ0) is 40.9. The average Bonchev–Trinajstić information content (AvgIpc) is 3.83. The normalized spacial score (nSPS) is 13.6. The molecule has 0 spiro atoms. The predicted molar refractivity (Wildman–Crippen MR) is 217 cm³/mol. The van der Waals surface area contributed by atoms with E-state index in [0.717, 1.165) is 17.0 Å². The molecule has 300 valence electrons. The van der Waals surface area contributed by atoms with Crippen molar-refractivity contribution >= 4 is 58.0 Å². The summed E-state index contributed by atoms with van der Waals surface area (Å²) in [5.41, 5.74) is 1.49. The maximum atomic E-state index is 14.2. The van der Waals surface area contributed by atoms with Gasteiger partial charge in [0.05, 0.1) is 24.9 Å². The van der Waals surface area contributed by atoms with Crippen LogP contribution in [0.15, 0.2) is 52.8 Å². The van der Waals surface area contributed by atoms with Crippen molar-refractivity contribution in [1.29, 1.82) is 0 Å². The highest BCUT2D eigenvalue weighted by Crippen LogP contribution is 2.27. The van der Waals surface area contributed by atoms with Gasteiger partial charge in [-0.15, -0.1) is 16.4 Å². The van der Waals surface area contributed by atoms with Crippen LogP contribution >= 0.6 is 11.3 Å². The quantitative estimate of drug-likeness (QED) is 0.191. The predicted octanol–water partition coefficient (Wildman–Crippen LogP) is 4.48. The van der Waals surface area contributed by atoms with Crippen LogP contribution in [0.25, 0.3) is 17.8 Å². The standard InChI is InChI=1S/C39H47N11O6S/c1-38(2,3)29-24-57-36(41-29)43-34(52)26-15-17-49-31(22-26)42-33(48-20-18-47(19-21-48)32(51)14-16-40-37(54)56-39(4,5)6)28(35(49)53)12-13-30-44-45-46-50(30)23-25-8-10-27(55-7)11-9-25/h8-13,15,17,22,24H,14,16,18-21,23H2,1-7H3,(H,40,54)(H,41,43,52). The number of ether oxygens (including phenoxy) is 2. The highest BCUT2D eigenvalue weighted by Gasteiger charge is 2.26. The number of piperazine rings is 1. The third-order valence-corrected chi connectivity index (χ3v) is 9.75. The number of hydrogen-bond acceptors (Lipinski definition) is 13. The van der Waals surface area contributed by atoms with Crippen LogP contribution < -0.4 is 25.8 Å². The van der Waals surface area contributed by atoms with Gasteiger partial charge < -0.3 is 24.6 Å². The van der Waals surface area contributed by atoms with Crippen molar-refractivity contribution in [2.45, 2.75) is 65.5 Å². The van der Waals surface area contributed by atoms with Crippen LogP contribution in [0.4, 0.5) is 15.7 Å². The first kappa shape index (κ1) is 40.5. The van der Waals surface area contributed by atoms with Crippen LogP contribution in [0.2, 0.25) is 0 Å². The Morgan fingerprint density at radius 2 is 1.70 bits per heavy atom. The molecule has 1 aliphatic heterocycles. The summed E-state index contributed by atoms with van der Waals surface area (Å²) in [6, 6.07) is 10.7. The van der Waals surface area contributed by atoms with Gasteiger partial charge in [0.1, 0.15) is 22.8 Å². The van der Waals surface area contributed by atoms with E-state index in [1.807, 2.05) is 34.5 Å². The molecular weight excluding hydrogens is 751 g/mol. The molecule has 1 aromatic carbocycles. The Hall–Kier alpha value is -6.17. The first-order valence-electron chi connectivity index (χ1n) is 18.5. The second-order valence-corrected chi connectivity index (χ2v) is 16.3. The molecule has 0 bridgehead atoms. The summed E-state index contributed by atoms with van der Waals surface area (Å²) in [7, 11) is 1.61. The van der Waals surface area contributed by atoms with Gasteiger partial charge in [-0.3, -0.25) is 24.1 Å². The molecule has 0 atom stereocenters. The maximum absolute atomic E-state index is 14.2. The van der Waals surface area contributed by atoms with Gasteiger partial charge in [-0.1, -0.05) is 32.9 Å². The van der Waals surface area contributed by atoms with Gasteiger partial charge in [-0.2, -0.15) is 0 Å². The Morgan fingerprint density at radius 1 is 0.965 bits per heavy atom. The third-order valence-electron chi connectivity index (χ3n) is 8.99. The topological polar surface area (TPSA) is 191 Å². The van der Waals surface area contributed by atoms with Crippen molar-refractivity contribution in [3.05, 3.63) is 86.5 Å². The fraction of sp³-hybridized carbons (Fsp3) is 0.410. The lowest BCUT2D eigenvalue weighted by Crippen LogP contribution is -2.50. The van der Waals surface area contributed by atoms with Crippen LogP contribution in [0.1, 0.15) is 81.0 Å². The van der Waals surface area contributed by atoms with Gasteiger partial charge in [-0.25, -0.2) is 19.4 Å². The fourth-order valence-corrected chi connectivity index (χ4v) is 6.86. The third kappa shape index (κ3) is 10.2. The zero-order valence-electron chi connectivity index (χ0n) is 33.1. The van der Waals surface area contributed by atoms with Gasteiger partial charge in [0.2, 0.25) is 5.91 Å². The number of nitrogens with zero attached hydrogens (tertiary/aromatic N) is 9. The summed E-state index contributed by atoms with van der Waals surface area (Å²) in [5.74, 6) is 1.03. The summed E-state index contributed by atoms with van der Waals surface area (Å²) in [6.45, 7) is 13.5. The smallest absolute Gasteiger partial charge is 0.407 e. The van der Waals surface area contributed by atoms with E-state index >= 15 is 0 Å². The summed E-state index contributed by atoms with van der Waals surface area (Å²) in [6.07, 6.45) is 4.36. The number of alkyl carbamates (subject to hydrolysis) is 1. The number of carbonyl (C=O) groups excluding carboxylic acids is 3. The van der Waals surface area contributed by atoms with E-state index in [-0.39, 0.29) is 47.0 Å². The number of carbonyl (C=O) groups is 3. The number of anilines is 2. The minimum Gasteiger partial charge on any atom is -0.497 e. The zero-order valence-corrected chi connectivity index (χ0v) is 33.9. The monoisotopic (exact) mass is 797 g/mol. The number of aromatic nitrogens is 7. The molecule has 5 aromatic rings. The molecule has 2 N–H and O–H groups in total. The highest BCUT2D eigenvalue weighted by molar-refractivity contribution is 7.14. The van der Waals surface area contributed by atoms with E-state index in [1.54, 1.807) is 61.7 Å². The Bertz CT molecular complexity index is 2330. The number of tetrazole rings is 1. The van der Waals surface area contributed by atoms with Gasteiger partial charge in [0.25, 0.3) is 11.5 Å². The summed E-state index contributed by atoms with van der Waals surface area (Å²) >= 11 is 1.34. The summed E-state index contributed by atoms with van der Waals surface area (Å²) in [5, 5.41) is 20.1. The molecule has 0 radical (unpaired) electrons. The lowest BCUT2D eigenvalue weighted by molar-refractivity contribution is -0.131. The number of benzene rings is 1. The van der Waals surface area contributed by atoms with Crippen molar-refractivity contribution in [2.75, 3.05) is 50.1 Å². The lowest BCUT2D eigenvalue weighted by atomic mass is 9.93. The molecular formula is C39H47N11O6S. The average molecular weight is 798 g/mol. The molecule has 6 rings (SSSR count). The van der Waals surface area contributed by atoms with Gasteiger partial charge in [-0.05, 0) is 73.2 Å². The maximum Gasteiger partial charge on any atom is 0.407 e. The fourth-order valence-electron chi connectivity index (χ4n) is 5.93. The van der Waals surface area contributed by atoms with Gasteiger partial charge in [0.15, 0.2) is 11.0 Å². The first-order chi connectivity index (χ1) is 27.1. The van der Waals surface area contributed by atoms with Crippen LogP contribution in [-0.4, -0.2) is 103 Å². The first-order valence-corrected chi connectivity index (χ1v) is 19.4. The highest BCUT2D eigenvalue weighted by atomic mass is 32.1. The van der Waals surface area contributed by atoms with Crippen LogP contribution in [0, 0.1) is 0 Å². The molecule has 57 heavy (non-hydrogen) atoms. The molecule has 0 unspecified atom stereocenters. The largest absolute Gasteiger partial charge is 0.497 e. The van der Waals surface area contributed by atoms with E-state index in [4.69, 9.17) is 14.5 Å². The molecule has 4 aromatic heterocycles. The number of thiazole rings is 1. The van der Waals surface area contributed by atoms with Crippen LogP contribution in [0.5, 0.6) is 5.75 Å². The number of amides is 3. The lowest BCUT2D eigenvalue weighted by Gasteiger charge is -2.36. The molecule has 3 amide bonds. The SMILES string of the molecule is COc1ccc(Cn2nnnc2C=Cc2c(N3CCN(C(=O)CCNC(=O)OC(C)(C)C)CC3)nc3cc(C(=O)Nc4nc(C(C)(C)C)cs4)ccn3c2=O)cc1. The number of fused-ring (bicyclic) bond motifs is 1. The Kier molecular flexibility index (Phi) is 12.0. The van der Waals surface area contributed by atoms with Crippen molar-refractivity contribution < 1.29 is 23.9 Å². The minimum atomic E-state index is -0.643. The molecule has 0 saturated carbocycles. The molecule has 1 aliphatic rings. The van der Waals surface area contributed by atoms with Crippen molar-refractivity contribution in [3.63, 3.8) is 0 Å². The molecule has 1 fully saturated rings. The van der Waals surface area contributed by atoms with E-state index in [2.05, 4.69) is 51.9 Å². The molecule has 5 heterocycles. The van der Waals surface area contributed by atoms with Crippen LogP contribution in [0.3, 0.4) is 0 Å². The van der Waals surface area contributed by atoms with Crippen molar-refractivity contribution in [2.24, 2.45) is 0 Å². The van der Waals surface area contributed by atoms with Gasteiger partial charge >= 0.3 is 6.09 Å². The molecule has 1 saturated heterocycles. The van der Waals surface area contributed by atoms with E-state index in [0.29, 0.717) is 55.1 Å². The second kappa shape index (κ2) is 16.9. The molecule has 17 nitrogen and oxygen atoms in total. The second-order valence-electron chi connectivity index (χ2n) is 15.5. The number of methoxy groups -OCH3 is 1. The Morgan fingerprint density at radius 3 is 2.37 bits per heavy atom. The number of rotatable bonds is 11. The molecule has 18 heteroatoms. The van der Waals surface area contributed by atoms with Gasteiger partial charge in [0, 0.05) is 61.7 Å². The van der Waals surface area contributed by atoms with Crippen molar-refractivity contribution in [3.8, 4) is 5.75 Å².